The molecular formula is C14H17N3OS. The van der Waals surface area contributed by atoms with Gasteiger partial charge in [-0.1, -0.05) is 35.5 Å². The molecule has 19 heavy (non-hydrogen) atoms. The molecule has 0 N–H and O–H groups in total. The number of carbonyl (C=O) groups excluding carboxylic acids is 1. The molecule has 1 aromatic carbocycles. The number of aryl methyl sites for hydroxylation is 3. The number of rotatable bonds is 4. The van der Waals surface area contributed by atoms with Crippen molar-refractivity contribution in [2.45, 2.75) is 25.9 Å². The van der Waals surface area contributed by atoms with E-state index in [1.165, 1.54) is 17.3 Å². The Morgan fingerprint density at radius 2 is 2.00 bits per heavy atom. The number of hydrogen-bond acceptors (Lipinski definition) is 4. The normalized spacial score (nSPS) is 10.7. The van der Waals surface area contributed by atoms with Crippen LogP contribution in [0.2, 0.25) is 0 Å². The maximum Gasteiger partial charge on any atom is 0.191 e. The van der Waals surface area contributed by atoms with Crippen molar-refractivity contribution in [3.63, 3.8) is 0 Å². The summed E-state index contributed by atoms with van der Waals surface area (Å²) < 4.78 is 1.89. The molecule has 1 heterocycles. The Labute approximate surface area is 117 Å². The van der Waals surface area contributed by atoms with Crippen LogP contribution in [0.3, 0.4) is 0 Å². The highest BCUT2D eigenvalue weighted by molar-refractivity contribution is 7.99. The Bertz CT molecular complexity index is 619. The van der Waals surface area contributed by atoms with Gasteiger partial charge in [0.2, 0.25) is 0 Å². The second-order valence-electron chi connectivity index (χ2n) is 4.62. The zero-order chi connectivity index (χ0) is 14.0. The van der Waals surface area contributed by atoms with E-state index in [1.807, 2.05) is 50.6 Å². The largest absolute Gasteiger partial charge is 0.309 e. The number of carbonyl (C=O) groups is 1. The molecule has 4 nitrogen and oxygen atoms in total. The number of Topliss-reactive ketones (excluding diaryl/α,β-unsaturated/α-hetero) is 1. The molecule has 100 valence electrons. The van der Waals surface area contributed by atoms with E-state index in [1.54, 1.807) is 0 Å². The molecule has 0 radical (unpaired) electrons. The molecule has 0 atom stereocenters. The zero-order valence-electron chi connectivity index (χ0n) is 11.6. The van der Waals surface area contributed by atoms with Crippen LogP contribution in [-0.2, 0) is 7.05 Å². The van der Waals surface area contributed by atoms with Crippen molar-refractivity contribution < 1.29 is 4.79 Å². The molecule has 0 spiro atoms. The van der Waals surface area contributed by atoms with Crippen LogP contribution in [0.5, 0.6) is 0 Å². The van der Waals surface area contributed by atoms with E-state index in [4.69, 9.17) is 0 Å². The third kappa shape index (κ3) is 3.04. The summed E-state index contributed by atoms with van der Waals surface area (Å²) in [5.41, 5.74) is 2.99. The molecule has 1 aromatic heterocycles. The van der Waals surface area contributed by atoms with Crippen molar-refractivity contribution in [1.29, 1.82) is 0 Å². The van der Waals surface area contributed by atoms with E-state index in [2.05, 4.69) is 10.2 Å². The third-order valence-electron chi connectivity index (χ3n) is 3.07. The predicted octanol–water partition coefficient (Wildman–Crippen LogP) is 2.72. The Balaban J connectivity index is 2.07. The molecule has 0 amide bonds. The number of thioether (sulfide) groups is 1. The van der Waals surface area contributed by atoms with E-state index in [-0.39, 0.29) is 5.78 Å². The summed E-state index contributed by atoms with van der Waals surface area (Å²) in [5.74, 6) is 1.36. The van der Waals surface area contributed by atoms with Gasteiger partial charge in [-0.25, -0.2) is 0 Å². The zero-order valence-corrected chi connectivity index (χ0v) is 12.4. The van der Waals surface area contributed by atoms with Gasteiger partial charge in [-0.05, 0) is 26.3 Å². The first-order valence-corrected chi connectivity index (χ1v) is 7.07. The van der Waals surface area contributed by atoms with Crippen molar-refractivity contribution in [2.24, 2.45) is 7.05 Å². The van der Waals surface area contributed by atoms with Gasteiger partial charge in [0, 0.05) is 12.6 Å². The summed E-state index contributed by atoms with van der Waals surface area (Å²) in [5, 5.41) is 8.79. The lowest BCUT2D eigenvalue weighted by Crippen LogP contribution is -2.06. The van der Waals surface area contributed by atoms with Gasteiger partial charge in [0.1, 0.15) is 5.82 Å². The van der Waals surface area contributed by atoms with Gasteiger partial charge >= 0.3 is 0 Å². The molecule has 0 aliphatic heterocycles. The molecule has 0 aliphatic rings. The van der Waals surface area contributed by atoms with Crippen molar-refractivity contribution >= 4 is 17.5 Å². The molecule has 2 rings (SSSR count). The van der Waals surface area contributed by atoms with Crippen molar-refractivity contribution in [3.05, 3.63) is 40.7 Å². The summed E-state index contributed by atoms with van der Waals surface area (Å²) in [7, 11) is 1.90. The molecule has 5 heteroatoms. The lowest BCUT2D eigenvalue weighted by Gasteiger charge is -2.06. The first-order chi connectivity index (χ1) is 8.99. The lowest BCUT2D eigenvalue weighted by molar-refractivity contribution is 0.102. The topological polar surface area (TPSA) is 47.8 Å². The van der Waals surface area contributed by atoms with Crippen LogP contribution in [0.4, 0.5) is 0 Å². The quantitative estimate of drug-likeness (QED) is 0.636. The van der Waals surface area contributed by atoms with Crippen LogP contribution in [0.15, 0.2) is 23.4 Å². The minimum Gasteiger partial charge on any atom is -0.309 e. The van der Waals surface area contributed by atoms with Crippen molar-refractivity contribution in [1.82, 2.24) is 14.8 Å². The Morgan fingerprint density at radius 3 is 2.58 bits per heavy atom. The fourth-order valence-corrected chi connectivity index (χ4v) is 2.69. The molecule has 0 saturated heterocycles. The highest BCUT2D eigenvalue weighted by atomic mass is 32.2. The van der Waals surface area contributed by atoms with Crippen molar-refractivity contribution in [3.8, 4) is 0 Å². The van der Waals surface area contributed by atoms with Gasteiger partial charge < -0.3 is 4.57 Å². The Kier molecular flexibility index (Phi) is 4.04. The minimum absolute atomic E-state index is 0.128. The van der Waals surface area contributed by atoms with Gasteiger partial charge in [-0.2, -0.15) is 0 Å². The molecular weight excluding hydrogens is 258 g/mol. The average molecular weight is 275 g/mol. The van der Waals surface area contributed by atoms with E-state index in [0.29, 0.717) is 5.75 Å². The van der Waals surface area contributed by atoms with Crippen molar-refractivity contribution in [2.75, 3.05) is 5.75 Å². The SMILES string of the molecule is Cc1ccc(C(=O)CSc2nnc(C)n2C)c(C)c1. The van der Waals surface area contributed by atoms with E-state index in [0.717, 1.165) is 22.1 Å². The molecule has 0 saturated carbocycles. The number of ketones is 1. The average Bonchev–Trinajstić information content (AvgIpc) is 2.67. The maximum absolute atomic E-state index is 12.2. The minimum atomic E-state index is 0.128. The first-order valence-electron chi connectivity index (χ1n) is 6.08. The van der Waals surface area contributed by atoms with Crippen LogP contribution >= 0.6 is 11.8 Å². The van der Waals surface area contributed by atoms with Crippen LogP contribution in [0.1, 0.15) is 27.3 Å². The van der Waals surface area contributed by atoms with Gasteiger partial charge in [0.15, 0.2) is 10.9 Å². The number of aromatic nitrogens is 3. The lowest BCUT2D eigenvalue weighted by atomic mass is 10.0. The Morgan fingerprint density at radius 1 is 1.26 bits per heavy atom. The summed E-state index contributed by atoms with van der Waals surface area (Å²) >= 11 is 1.42. The third-order valence-corrected chi connectivity index (χ3v) is 4.09. The van der Waals surface area contributed by atoms with Gasteiger partial charge in [-0.15, -0.1) is 10.2 Å². The number of hydrogen-bond donors (Lipinski definition) is 0. The van der Waals surface area contributed by atoms with Crippen LogP contribution in [0.25, 0.3) is 0 Å². The molecule has 2 aromatic rings. The fraction of sp³-hybridized carbons (Fsp3) is 0.357. The van der Waals surface area contributed by atoms with Crippen LogP contribution < -0.4 is 0 Å². The van der Waals surface area contributed by atoms with Gasteiger partial charge in [-0.3, -0.25) is 4.79 Å². The highest BCUT2D eigenvalue weighted by Gasteiger charge is 2.12. The summed E-state index contributed by atoms with van der Waals surface area (Å²) in [6.07, 6.45) is 0. The summed E-state index contributed by atoms with van der Waals surface area (Å²) in [6.45, 7) is 5.89. The highest BCUT2D eigenvalue weighted by Crippen LogP contribution is 2.19. The van der Waals surface area contributed by atoms with E-state index < -0.39 is 0 Å². The predicted molar refractivity (Wildman–Crippen MR) is 76.7 cm³/mol. The van der Waals surface area contributed by atoms with Crippen LogP contribution in [-0.4, -0.2) is 26.3 Å². The van der Waals surface area contributed by atoms with Gasteiger partial charge in [0.05, 0.1) is 5.75 Å². The van der Waals surface area contributed by atoms with E-state index >= 15 is 0 Å². The second kappa shape index (κ2) is 5.57. The number of benzene rings is 1. The molecule has 0 unspecified atom stereocenters. The summed E-state index contributed by atoms with van der Waals surface area (Å²) in [4.78, 5) is 12.2. The molecule has 0 bridgehead atoms. The summed E-state index contributed by atoms with van der Waals surface area (Å²) in [6, 6.07) is 5.90. The molecule has 0 aliphatic carbocycles. The monoisotopic (exact) mass is 275 g/mol. The first kappa shape index (κ1) is 13.8. The Hall–Kier alpha value is -1.62. The van der Waals surface area contributed by atoms with Crippen LogP contribution in [0, 0.1) is 20.8 Å². The fourth-order valence-electron chi connectivity index (χ4n) is 1.85. The maximum atomic E-state index is 12.2. The smallest absolute Gasteiger partial charge is 0.191 e. The second-order valence-corrected chi connectivity index (χ2v) is 5.56. The molecule has 0 fully saturated rings. The number of nitrogens with zero attached hydrogens (tertiary/aromatic N) is 3. The van der Waals surface area contributed by atoms with E-state index in [9.17, 15) is 4.79 Å². The van der Waals surface area contributed by atoms with Gasteiger partial charge in [0.25, 0.3) is 0 Å². The standard InChI is InChI=1S/C14H17N3OS/c1-9-5-6-12(10(2)7-9)13(18)8-19-14-16-15-11(3)17(14)4/h5-7H,8H2,1-4H3.